The van der Waals surface area contributed by atoms with Crippen LogP contribution in [0.2, 0.25) is 0 Å². The molecule has 2 aliphatic heterocycles. The predicted molar refractivity (Wildman–Crippen MR) is 133 cm³/mol. The Morgan fingerprint density at radius 1 is 1.11 bits per heavy atom. The van der Waals surface area contributed by atoms with Crippen LogP contribution in [0.1, 0.15) is 46.3 Å². The van der Waals surface area contributed by atoms with Gasteiger partial charge in [-0.3, -0.25) is 9.59 Å². The summed E-state index contributed by atoms with van der Waals surface area (Å²) < 4.78 is 28.0. The van der Waals surface area contributed by atoms with Crippen LogP contribution in [0.15, 0.2) is 42.5 Å². The van der Waals surface area contributed by atoms with Crippen molar-refractivity contribution in [2.75, 3.05) is 32.1 Å². The van der Waals surface area contributed by atoms with E-state index in [0.29, 0.717) is 12.1 Å². The fraction of sp³-hybridized carbons (Fsp3) is 0.444. The van der Waals surface area contributed by atoms with E-state index in [1.54, 1.807) is 18.2 Å². The Morgan fingerprint density at radius 3 is 2.58 bits per heavy atom. The van der Waals surface area contributed by atoms with Crippen LogP contribution < -0.4 is 10.2 Å². The molecule has 0 bridgehead atoms. The number of carbonyl (C=O) groups is 3. The van der Waals surface area contributed by atoms with E-state index < -0.39 is 36.9 Å². The summed E-state index contributed by atoms with van der Waals surface area (Å²) in [6.45, 7) is 1.79. The summed E-state index contributed by atoms with van der Waals surface area (Å²) in [6.07, 6.45) is 2.22. The van der Waals surface area contributed by atoms with Gasteiger partial charge in [-0.15, -0.1) is 0 Å². The molecule has 1 fully saturated rings. The number of anilines is 1. The largest absolute Gasteiger partial charge is 0.347 e. The van der Waals surface area contributed by atoms with Gasteiger partial charge in [0.05, 0.1) is 6.54 Å². The molecule has 1 N–H and O–H groups in total. The lowest BCUT2D eigenvalue weighted by molar-refractivity contribution is -0.132. The Labute approximate surface area is 210 Å². The van der Waals surface area contributed by atoms with Gasteiger partial charge in [-0.1, -0.05) is 24.3 Å². The van der Waals surface area contributed by atoms with Gasteiger partial charge >= 0.3 is 6.03 Å². The number of fused-ring (bicyclic) bond motifs is 1. The SMILES string of the molecule is Cc1cc(C(=O)N2CCCCc3ccccc32)ccc1CNC(=O)N1CC(F)(F)C[C@H]1C(=O)N(C)C. The van der Waals surface area contributed by atoms with Crippen LogP contribution in [0.5, 0.6) is 0 Å². The highest BCUT2D eigenvalue weighted by molar-refractivity contribution is 6.06. The van der Waals surface area contributed by atoms with E-state index >= 15 is 0 Å². The lowest BCUT2D eigenvalue weighted by Gasteiger charge is -2.26. The van der Waals surface area contributed by atoms with E-state index in [1.807, 2.05) is 30.0 Å². The van der Waals surface area contributed by atoms with Gasteiger partial charge in [0.15, 0.2) is 0 Å². The van der Waals surface area contributed by atoms with Gasteiger partial charge in [0.25, 0.3) is 11.8 Å². The van der Waals surface area contributed by atoms with Crippen LogP contribution in [0, 0.1) is 6.92 Å². The molecule has 1 saturated heterocycles. The Hall–Kier alpha value is -3.49. The Bertz CT molecular complexity index is 1170. The van der Waals surface area contributed by atoms with Gasteiger partial charge < -0.3 is 20.0 Å². The first-order chi connectivity index (χ1) is 17.1. The number of nitrogens with zero attached hydrogens (tertiary/aromatic N) is 3. The molecule has 4 amide bonds. The molecule has 1 atom stereocenters. The van der Waals surface area contributed by atoms with Gasteiger partial charge in [0.1, 0.15) is 6.04 Å². The van der Waals surface area contributed by atoms with Crippen LogP contribution in [0.25, 0.3) is 0 Å². The minimum atomic E-state index is -3.11. The smallest absolute Gasteiger partial charge is 0.318 e. The monoisotopic (exact) mass is 498 g/mol. The summed E-state index contributed by atoms with van der Waals surface area (Å²) >= 11 is 0. The average molecular weight is 499 g/mol. The highest BCUT2D eigenvalue weighted by atomic mass is 19.3. The van der Waals surface area contributed by atoms with Crippen molar-refractivity contribution in [3.63, 3.8) is 0 Å². The Kier molecular flexibility index (Phi) is 7.28. The second-order valence-corrected chi connectivity index (χ2v) is 9.78. The minimum Gasteiger partial charge on any atom is -0.347 e. The summed E-state index contributed by atoms with van der Waals surface area (Å²) in [7, 11) is 2.95. The molecule has 192 valence electrons. The second kappa shape index (κ2) is 10.2. The van der Waals surface area contributed by atoms with Gasteiger partial charge in [-0.05, 0) is 61.1 Å². The Morgan fingerprint density at radius 2 is 1.86 bits per heavy atom. The van der Waals surface area contributed by atoms with Crippen molar-refractivity contribution < 1.29 is 23.2 Å². The molecule has 0 radical (unpaired) electrons. The molecule has 0 aliphatic carbocycles. The molecular formula is C27H32F2N4O3. The van der Waals surface area contributed by atoms with Crippen LogP contribution >= 0.6 is 0 Å². The van der Waals surface area contributed by atoms with Crippen molar-refractivity contribution in [1.82, 2.24) is 15.1 Å². The van der Waals surface area contributed by atoms with Gasteiger partial charge in [0.2, 0.25) is 5.91 Å². The summed E-state index contributed by atoms with van der Waals surface area (Å²) in [5.74, 6) is -3.72. The molecule has 36 heavy (non-hydrogen) atoms. The zero-order valence-corrected chi connectivity index (χ0v) is 20.9. The number of amides is 4. The minimum absolute atomic E-state index is 0.0765. The number of benzene rings is 2. The maximum absolute atomic E-state index is 14.0. The molecule has 0 saturated carbocycles. The summed E-state index contributed by atoms with van der Waals surface area (Å²) in [4.78, 5) is 42.4. The number of nitrogens with one attached hydrogen (secondary N) is 1. The number of rotatable bonds is 4. The standard InChI is InChI=1S/C27H32F2N4O3/c1-18-14-20(24(34)32-13-7-6-9-19-8-4-5-10-22(19)32)11-12-21(18)16-30-26(36)33-17-27(28,29)15-23(33)25(35)31(2)3/h4-5,8,10-12,14,23H,6-7,9,13,15-17H2,1-3H3,(H,30,36)/t23-/m0/s1. The molecule has 2 aliphatic rings. The molecule has 0 aromatic heterocycles. The van der Waals surface area contributed by atoms with Gasteiger partial charge in [-0.25, -0.2) is 13.6 Å². The van der Waals surface area contributed by atoms with E-state index in [0.717, 1.165) is 46.5 Å². The van der Waals surface area contributed by atoms with Gasteiger partial charge in [0, 0.05) is 44.9 Å². The lowest BCUT2D eigenvalue weighted by atomic mass is 10.0. The first-order valence-corrected chi connectivity index (χ1v) is 12.2. The summed E-state index contributed by atoms with van der Waals surface area (Å²) in [5, 5.41) is 2.66. The van der Waals surface area contributed by atoms with Crippen molar-refractivity contribution in [3.05, 3.63) is 64.7 Å². The number of alkyl halides is 2. The fourth-order valence-corrected chi connectivity index (χ4v) is 4.91. The van der Waals surface area contributed by atoms with E-state index in [1.165, 1.54) is 19.0 Å². The highest BCUT2D eigenvalue weighted by Crippen LogP contribution is 2.33. The van der Waals surface area contributed by atoms with Gasteiger partial charge in [-0.2, -0.15) is 0 Å². The van der Waals surface area contributed by atoms with Crippen LogP contribution in [-0.2, 0) is 17.8 Å². The van der Waals surface area contributed by atoms with E-state index in [-0.39, 0.29) is 12.5 Å². The predicted octanol–water partition coefficient (Wildman–Crippen LogP) is 3.99. The summed E-state index contributed by atoms with van der Waals surface area (Å²) in [6, 6.07) is 11.3. The zero-order valence-electron chi connectivity index (χ0n) is 20.9. The zero-order chi connectivity index (χ0) is 26.0. The van der Waals surface area contributed by atoms with Crippen molar-refractivity contribution in [2.24, 2.45) is 0 Å². The maximum atomic E-state index is 14.0. The number of para-hydroxylation sites is 1. The Balaban J connectivity index is 1.45. The average Bonchev–Trinajstić information content (AvgIpc) is 3.03. The van der Waals surface area contributed by atoms with Crippen LogP contribution in [0.3, 0.4) is 0 Å². The van der Waals surface area contributed by atoms with E-state index in [9.17, 15) is 23.2 Å². The van der Waals surface area contributed by atoms with Crippen LogP contribution in [0.4, 0.5) is 19.3 Å². The normalized spacial score (nSPS) is 18.9. The number of likely N-dealkylation sites (N-methyl/N-ethyl adjacent to an activating group) is 1. The molecule has 2 heterocycles. The van der Waals surface area contributed by atoms with E-state index in [2.05, 4.69) is 11.4 Å². The van der Waals surface area contributed by atoms with Crippen molar-refractivity contribution in [2.45, 2.75) is 51.1 Å². The molecule has 0 spiro atoms. The number of carbonyl (C=O) groups excluding carboxylic acids is 3. The molecule has 0 unspecified atom stereocenters. The molecule has 9 heteroatoms. The lowest BCUT2D eigenvalue weighted by Crippen LogP contribution is -2.49. The van der Waals surface area contributed by atoms with Crippen molar-refractivity contribution in [3.8, 4) is 0 Å². The third kappa shape index (κ3) is 5.34. The van der Waals surface area contributed by atoms with Crippen molar-refractivity contribution >= 4 is 23.5 Å². The first-order valence-electron chi connectivity index (χ1n) is 12.2. The number of hydrogen-bond acceptors (Lipinski definition) is 3. The highest BCUT2D eigenvalue weighted by Gasteiger charge is 2.50. The molecule has 2 aromatic carbocycles. The summed E-state index contributed by atoms with van der Waals surface area (Å²) in [5.41, 5.74) is 4.22. The number of likely N-dealkylation sites (tertiary alicyclic amines) is 1. The van der Waals surface area contributed by atoms with Crippen molar-refractivity contribution in [1.29, 1.82) is 0 Å². The second-order valence-electron chi connectivity index (χ2n) is 9.78. The molecule has 4 rings (SSSR count). The number of aryl methyl sites for hydroxylation is 2. The van der Waals surface area contributed by atoms with E-state index in [4.69, 9.17) is 0 Å². The third-order valence-electron chi connectivity index (χ3n) is 6.88. The number of halogens is 2. The maximum Gasteiger partial charge on any atom is 0.318 e. The molecule has 7 nitrogen and oxygen atoms in total. The number of hydrogen-bond donors (Lipinski definition) is 1. The van der Waals surface area contributed by atoms with Crippen LogP contribution in [-0.4, -0.2) is 66.8 Å². The molecular weight excluding hydrogens is 466 g/mol. The fourth-order valence-electron chi connectivity index (χ4n) is 4.91. The molecule has 2 aromatic rings. The topological polar surface area (TPSA) is 73.0 Å². The first kappa shape index (κ1) is 25.6. The third-order valence-corrected chi connectivity index (χ3v) is 6.88. The number of urea groups is 1. The quantitative estimate of drug-likeness (QED) is 0.693.